The van der Waals surface area contributed by atoms with E-state index in [9.17, 15) is 0 Å². The van der Waals surface area contributed by atoms with E-state index in [2.05, 4.69) is 32.0 Å². The molecule has 2 unspecified atom stereocenters. The van der Waals surface area contributed by atoms with E-state index in [0.717, 1.165) is 18.3 Å². The first-order chi connectivity index (χ1) is 7.59. The van der Waals surface area contributed by atoms with Crippen molar-refractivity contribution in [1.29, 1.82) is 0 Å². The first-order valence-electron chi connectivity index (χ1n) is 6.46. The third-order valence-corrected chi connectivity index (χ3v) is 4.58. The summed E-state index contributed by atoms with van der Waals surface area (Å²) in [5.74, 6) is 1.65. The second kappa shape index (κ2) is 3.33. The average molecular weight is 215 g/mol. The molecule has 2 saturated carbocycles. The molecule has 0 amide bonds. The van der Waals surface area contributed by atoms with E-state index in [4.69, 9.17) is 5.73 Å². The van der Waals surface area contributed by atoms with E-state index in [1.807, 2.05) is 0 Å². The summed E-state index contributed by atoms with van der Waals surface area (Å²) in [4.78, 5) is 0. The molecule has 2 fully saturated rings. The molecular weight excluding hydrogens is 194 g/mol. The van der Waals surface area contributed by atoms with Crippen molar-refractivity contribution >= 4 is 0 Å². The van der Waals surface area contributed by atoms with E-state index in [1.54, 1.807) is 0 Å². The van der Waals surface area contributed by atoms with Gasteiger partial charge >= 0.3 is 0 Å². The standard InChI is InChI=1S/C15H21N/c1-10-6-11(2)8-12(7-10)9-15(16)13-4-3-5-14(13)15/h6-8,13-14H,3-5,9,16H2,1-2H3. The van der Waals surface area contributed by atoms with E-state index in [-0.39, 0.29) is 5.54 Å². The minimum absolute atomic E-state index is 0.151. The van der Waals surface area contributed by atoms with Gasteiger partial charge in [0.05, 0.1) is 0 Å². The smallest absolute Gasteiger partial charge is 0.0259 e. The molecule has 0 heterocycles. The Morgan fingerprint density at radius 3 is 2.25 bits per heavy atom. The van der Waals surface area contributed by atoms with E-state index in [0.29, 0.717) is 0 Å². The Bertz CT molecular complexity index is 391. The van der Waals surface area contributed by atoms with E-state index in [1.165, 1.54) is 36.0 Å². The highest BCUT2D eigenvalue weighted by Gasteiger charge is 2.62. The van der Waals surface area contributed by atoms with Crippen molar-refractivity contribution in [2.75, 3.05) is 0 Å². The van der Waals surface area contributed by atoms with Gasteiger partial charge in [0.25, 0.3) is 0 Å². The van der Waals surface area contributed by atoms with Gasteiger partial charge in [-0.3, -0.25) is 0 Å². The number of fused-ring (bicyclic) bond motifs is 1. The summed E-state index contributed by atoms with van der Waals surface area (Å²) < 4.78 is 0. The lowest BCUT2D eigenvalue weighted by Crippen LogP contribution is -2.31. The number of hydrogen-bond donors (Lipinski definition) is 1. The zero-order valence-electron chi connectivity index (χ0n) is 10.3. The SMILES string of the molecule is Cc1cc(C)cc(CC2(N)C3CCCC32)c1. The average Bonchev–Trinajstić information content (AvgIpc) is 2.62. The van der Waals surface area contributed by atoms with Crippen LogP contribution < -0.4 is 5.73 Å². The summed E-state index contributed by atoms with van der Waals surface area (Å²) in [6.45, 7) is 4.35. The fraction of sp³-hybridized carbons (Fsp3) is 0.600. The Morgan fingerprint density at radius 1 is 1.12 bits per heavy atom. The third kappa shape index (κ3) is 1.49. The normalized spacial score (nSPS) is 36.2. The van der Waals surface area contributed by atoms with Crippen molar-refractivity contribution in [2.45, 2.75) is 45.1 Å². The van der Waals surface area contributed by atoms with Crippen LogP contribution in [0.5, 0.6) is 0 Å². The van der Waals surface area contributed by atoms with Gasteiger partial charge in [0.15, 0.2) is 0 Å². The van der Waals surface area contributed by atoms with Gasteiger partial charge in [0.2, 0.25) is 0 Å². The highest BCUT2D eigenvalue weighted by molar-refractivity contribution is 5.33. The monoisotopic (exact) mass is 215 g/mol. The molecule has 1 nitrogen and oxygen atoms in total. The minimum Gasteiger partial charge on any atom is -0.324 e. The molecule has 3 rings (SSSR count). The van der Waals surface area contributed by atoms with Crippen molar-refractivity contribution < 1.29 is 0 Å². The molecule has 16 heavy (non-hydrogen) atoms. The summed E-state index contributed by atoms with van der Waals surface area (Å²) in [6.07, 6.45) is 5.23. The fourth-order valence-electron chi connectivity index (χ4n) is 3.91. The van der Waals surface area contributed by atoms with Gasteiger partial charge in [-0.15, -0.1) is 0 Å². The molecule has 0 aromatic heterocycles. The number of rotatable bonds is 2. The zero-order valence-corrected chi connectivity index (χ0v) is 10.3. The lowest BCUT2D eigenvalue weighted by molar-refractivity contribution is 0.501. The van der Waals surface area contributed by atoms with Crippen molar-refractivity contribution in [3.63, 3.8) is 0 Å². The molecular formula is C15H21N. The van der Waals surface area contributed by atoms with E-state index < -0.39 is 0 Å². The molecule has 2 N–H and O–H groups in total. The van der Waals surface area contributed by atoms with Gasteiger partial charge in [-0.05, 0) is 50.5 Å². The first kappa shape index (κ1) is 10.3. The van der Waals surface area contributed by atoms with Crippen molar-refractivity contribution in [1.82, 2.24) is 0 Å². The van der Waals surface area contributed by atoms with Crippen LogP contribution in [0.15, 0.2) is 18.2 Å². The Hall–Kier alpha value is -0.820. The van der Waals surface area contributed by atoms with Crippen LogP contribution in [0, 0.1) is 25.7 Å². The van der Waals surface area contributed by atoms with Gasteiger partial charge in [0.1, 0.15) is 0 Å². The van der Waals surface area contributed by atoms with Crippen molar-refractivity contribution in [3.05, 3.63) is 34.9 Å². The summed E-state index contributed by atoms with van der Waals surface area (Å²) in [5, 5.41) is 0. The third-order valence-electron chi connectivity index (χ3n) is 4.58. The first-order valence-corrected chi connectivity index (χ1v) is 6.46. The fourth-order valence-corrected chi connectivity index (χ4v) is 3.91. The van der Waals surface area contributed by atoms with Gasteiger partial charge in [-0.25, -0.2) is 0 Å². The predicted molar refractivity (Wildman–Crippen MR) is 67.4 cm³/mol. The van der Waals surface area contributed by atoms with Crippen LogP contribution in [0.4, 0.5) is 0 Å². The zero-order chi connectivity index (χ0) is 11.3. The van der Waals surface area contributed by atoms with Gasteiger partial charge in [-0.1, -0.05) is 35.7 Å². The highest BCUT2D eigenvalue weighted by atomic mass is 14.9. The number of hydrogen-bond acceptors (Lipinski definition) is 1. The predicted octanol–water partition coefficient (Wildman–Crippen LogP) is 2.97. The van der Waals surface area contributed by atoms with Crippen molar-refractivity contribution in [3.8, 4) is 0 Å². The molecule has 1 heteroatoms. The number of aryl methyl sites for hydroxylation is 2. The summed E-state index contributed by atoms with van der Waals surface area (Å²) in [6, 6.07) is 6.84. The molecule has 2 atom stereocenters. The van der Waals surface area contributed by atoms with Crippen LogP contribution in [0.1, 0.15) is 36.0 Å². The molecule has 1 aromatic rings. The Labute approximate surface area is 98.0 Å². The molecule has 0 radical (unpaired) electrons. The number of nitrogens with two attached hydrogens (primary N) is 1. The van der Waals surface area contributed by atoms with Crippen LogP contribution >= 0.6 is 0 Å². The summed E-state index contributed by atoms with van der Waals surface area (Å²) in [5.41, 5.74) is 10.8. The Morgan fingerprint density at radius 2 is 1.69 bits per heavy atom. The molecule has 2 aliphatic carbocycles. The molecule has 2 aliphatic rings. The maximum atomic E-state index is 6.53. The van der Waals surface area contributed by atoms with Gasteiger partial charge < -0.3 is 5.73 Å². The quantitative estimate of drug-likeness (QED) is 0.806. The number of benzene rings is 1. The van der Waals surface area contributed by atoms with Crippen molar-refractivity contribution in [2.24, 2.45) is 17.6 Å². The molecule has 0 saturated heterocycles. The molecule has 86 valence electrons. The van der Waals surface area contributed by atoms with E-state index >= 15 is 0 Å². The van der Waals surface area contributed by atoms with Crippen LogP contribution in [-0.4, -0.2) is 5.54 Å². The maximum absolute atomic E-state index is 6.53. The second-order valence-electron chi connectivity index (χ2n) is 5.93. The largest absolute Gasteiger partial charge is 0.324 e. The molecule has 0 aliphatic heterocycles. The second-order valence-corrected chi connectivity index (χ2v) is 5.93. The minimum atomic E-state index is 0.151. The van der Waals surface area contributed by atoms with Crippen LogP contribution in [0.3, 0.4) is 0 Å². The maximum Gasteiger partial charge on any atom is 0.0259 e. The Kier molecular flexibility index (Phi) is 2.16. The summed E-state index contributed by atoms with van der Waals surface area (Å²) >= 11 is 0. The summed E-state index contributed by atoms with van der Waals surface area (Å²) in [7, 11) is 0. The lowest BCUT2D eigenvalue weighted by atomic mass is 9.95. The topological polar surface area (TPSA) is 26.0 Å². The van der Waals surface area contributed by atoms with Crippen LogP contribution in [-0.2, 0) is 6.42 Å². The highest BCUT2D eigenvalue weighted by Crippen LogP contribution is 2.60. The van der Waals surface area contributed by atoms with Gasteiger partial charge in [-0.2, -0.15) is 0 Å². The molecule has 0 spiro atoms. The van der Waals surface area contributed by atoms with Crippen LogP contribution in [0.2, 0.25) is 0 Å². The Balaban J connectivity index is 1.80. The van der Waals surface area contributed by atoms with Gasteiger partial charge in [0, 0.05) is 5.54 Å². The molecule has 1 aromatic carbocycles. The van der Waals surface area contributed by atoms with Crippen LogP contribution in [0.25, 0.3) is 0 Å². The molecule has 0 bridgehead atoms. The lowest BCUT2D eigenvalue weighted by Gasteiger charge is -2.16.